The van der Waals surface area contributed by atoms with Crippen molar-refractivity contribution in [3.63, 3.8) is 0 Å². The SMILES string of the molecule is Cc1ccccc1CNC(=O)CC1CSCCN1.Cl. The molecule has 1 aliphatic heterocycles. The summed E-state index contributed by atoms with van der Waals surface area (Å²) in [6.07, 6.45) is 0.582. The van der Waals surface area contributed by atoms with Crippen LogP contribution in [0.2, 0.25) is 0 Å². The van der Waals surface area contributed by atoms with Crippen LogP contribution >= 0.6 is 24.2 Å². The fourth-order valence-corrected chi connectivity index (χ4v) is 3.00. The summed E-state index contributed by atoms with van der Waals surface area (Å²) in [5.41, 5.74) is 2.42. The molecular weight excluding hydrogens is 280 g/mol. The average Bonchev–Trinajstić information content (AvgIpc) is 2.39. The quantitative estimate of drug-likeness (QED) is 0.895. The third kappa shape index (κ3) is 5.43. The maximum atomic E-state index is 11.8. The molecule has 0 spiro atoms. The molecule has 0 bridgehead atoms. The van der Waals surface area contributed by atoms with Gasteiger partial charge < -0.3 is 10.6 Å². The van der Waals surface area contributed by atoms with Crippen LogP contribution in [-0.2, 0) is 11.3 Å². The lowest BCUT2D eigenvalue weighted by atomic mass is 10.1. The van der Waals surface area contributed by atoms with Gasteiger partial charge in [-0.3, -0.25) is 4.79 Å². The van der Waals surface area contributed by atoms with Crippen molar-refractivity contribution in [3.8, 4) is 0 Å². The number of carbonyl (C=O) groups is 1. The second-order valence-electron chi connectivity index (χ2n) is 4.63. The van der Waals surface area contributed by atoms with Crippen LogP contribution in [0.25, 0.3) is 0 Å². The first kappa shape index (κ1) is 16.3. The van der Waals surface area contributed by atoms with E-state index in [1.54, 1.807) is 0 Å². The Morgan fingerprint density at radius 2 is 2.26 bits per heavy atom. The first-order chi connectivity index (χ1) is 8.75. The first-order valence-electron chi connectivity index (χ1n) is 6.38. The van der Waals surface area contributed by atoms with E-state index in [0.29, 0.717) is 19.0 Å². The minimum absolute atomic E-state index is 0. The van der Waals surface area contributed by atoms with E-state index in [1.165, 1.54) is 11.1 Å². The van der Waals surface area contributed by atoms with Gasteiger partial charge in [0.25, 0.3) is 0 Å². The number of rotatable bonds is 4. The van der Waals surface area contributed by atoms with Crippen LogP contribution in [0.5, 0.6) is 0 Å². The Morgan fingerprint density at radius 1 is 1.47 bits per heavy atom. The highest BCUT2D eigenvalue weighted by Gasteiger charge is 2.16. The Morgan fingerprint density at radius 3 is 2.95 bits per heavy atom. The molecule has 1 atom stereocenters. The Hall–Kier alpha value is -0.710. The fraction of sp³-hybridized carbons (Fsp3) is 0.500. The van der Waals surface area contributed by atoms with Crippen LogP contribution in [0.3, 0.4) is 0 Å². The van der Waals surface area contributed by atoms with Crippen LogP contribution in [-0.4, -0.2) is 30.0 Å². The molecule has 1 aromatic carbocycles. The minimum atomic E-state index is 0. The fourth-order valence-electron chi connectivity index (χ4n) is 2.05. The molecule has 1 amide bonds. The number of thioether (sulfide) groups is 1. The lowest BCUT2D eigenvalue weighted by molar-refractivity contribution is -0.121. The number of aryl methyl sites for hydroxylation is 1. The van der Waals surface area contributed by atoms with E-state index in [1.807, 2.05) is 23.9 Å². The van der Waals surface area contributed by atoms with Crippen molar-refractivity contribution in [3.05, 3.63) is 35.4 Å². The molecule has 2 N–H and O–H groups in total. The van der Waals surface area contributed by atoms with E-state index in [0.717, 1.165) is 18.1 Å². The van der Waals surface area contributed by atoms with E-state index in [4.69, 9.17) is 0 Å². The summed E-state index contributed by atoms with van der Waals surface area (Å²) < 4.78 is 0. The maximum absolute atomic E-state index is 11.8. The van der Waals surface area contributed by atoms with Gasteiger partial charge in [0.1, 0.15) is 0 Å². The van der Waals surface area contributed by atoms with E-state index in [2.05, 4.69) is 29.7 Å². The molecule has 19 heavy (non-hydrogen) atoms. The zero-order valence-corrected chi connectivity index (χ0v) is 12.8. The Bertz CT molecular complexity index is 408. The average molecular weight is 301 g/mol. The van der Waals surface area contributed by atoms with Crippen molar-refractivity contribution >= 4 is 30.1 Å². The van der Waals surface area contributed by atoms with Gasteiger partial charge in [0.15, 0.2) is 0 Å². The number of amides is 1. The molecule has 1 aliphatic rings. The van der Waals surface area contributed by atoms with Gasteiger partial charge in [-0.25, -0.2) is 0 Å². The Kier molecular flexibility index (Phi) is 7.28. The maximum Gasteiger partial charge on any atom is 0.221 e. The first-order valence-corrected chi connectivity index (χ1v) is 7.53. The van der Waals surface area contributed by atoms with Crippen molar-refractivity contribution in [1.82, 2.24) is 10.6 Å². The Labute approximate surface area is 125 Å². The molecular formula is C14H21ClN2OS. The van der Waals surface area contributed by atoms with E-state index < -0.39 is 0 Å². The molecule has 0 aliphatic carbocycles. The molecule has 1 unspecified atom stereocenters. The molecule has 0 radical (unpaired) electrons. The zero-order valence-electron chi connectivity index (χ0n) is 11.1. The summed E-state index contributed by atoms with van der Waals surface area (Å²) in [5.74, 6) is 2.33. The normalized spacial score (nSPS) is 18.5. The topological polar surface area (TPSA) is 41.1 Å². The van der Waals surface area contributed by atoms with Gasteiger partial charge in [-0.05, 0) is 18.1 Å². The van der Waals surface area contributed by atoms with Gasteiger partial charge in [-0.15, -0.1) is 12.4 Å². The summed E-state index contributed by atoms with van der Waals surface area (Å²) in [5, 5.41) is 6.38. The van der Waals surface area contributed by atoms with Crippen LogP contribution in [0.15, 0.2) is 24.3 Å². The van der Waals surface area contributed by atoms with Gasteiger partial charge in [-0.2, -0.15) is 11.8 Å². The summed E-state index contributed by atoms with van der Waals surface area (Å²) in [4.78, 5) is 11.8. The third-order valence-electron chi connectivity index (χ3n) is 3.17. The largest absolute Gasteiger partial charge is 0.352 e. The number of benzene rings is 1. The van der Waals surface area contributed by atoms with Crippen LogP contribution in [0.1, 0.15) is 17.5 Å². The highest BCUT2D eigenvalue weighted by molar-refractivity contribution is 7.99. The summed E-state index contributed by atoms with van der Waals surface area (Å²) >= 11 is 1.92. The van der Waals surface area contributed by atoms with Crippen molar-refractivity contribution in [1.29, 1.82) is 0 Å². The number of halogens is 1. The number of hydrogen-bond acceptors (Lipinski definition) is 3. The summed E-state index contributed by atoms with van der Waals surface area (Å²) in [6, 6.07) is 8.49. The van der Waals surface area contributed by atoms with Gasteiger partial charge in [0.2, 0.25) is 5.91 Å². The van der Waals surface area contributed by atoms with Crippen LogP contribution in [0, 0.1) is 6.92 Å². The standard InChI is InChI=1S/C14H20N2OS.ClH/c1-11-4-2-3-5-12(11)9-16-14(17)8-13-10-18-7-6-15-13;/h2-5,13,15H,6-10H2,1H3,(H,16,17);1H. The molecule has 1 fully saturated rings. The zero-order chi connectivity index (χ0) is 12.8. The van der Waals surface area contributed by atoms with Crippen molar-refractivity contribution in [2.45, 2.75) is 25.9 Å². The lowest BCUT2D eigenvalue weighted by Crippen LogP contribution is -2.41. The predicted octanol–water partition coefficient (Wildman–Crippen LogP) is 2.13. The molecule has 2 rings (SSSR count). The van der Waals surface area contributed by atoms with Crippen LogP contribution < -0.4 is 10.6 Å². The van der Waals surface area contributed by atoms with Gasteiger partial charge in [0.05, 0.1) is 0 Å². The third-order valence-corrected chi connectivity index (χ3v) is 4.30. The monoisotopic (exact) mass is 300 g/mol. The smallest absolute Gasteiger partial charge is 0.221 e. The van der Waals surface area contributed by atoms with E-state index in [9.17, 15) is 4.79 Å². The highest BCUT2D eigenvalue weighted by atomic mass is 35.5. The van der Waals surface area contributed by atoms with Crippen molar-refractivity contribution in [2.75, 3.05) is 18.1 Å². The van der Waals surface area contributed by atoms with Crippen molar-refractivity contribution < 1.29 is 4.79 Å². The molecule has 3 nitrogen and oxygen atoms in total. The van der Waals surface area contributed by atoms with Gasteiger partial charge in [-0.1, -0.05) is 24.3 Å². The molecule has 0 saturated carbocycles. The summed E-state index contributed by atoms with van der Waals surface area (Å²) in [6.45, 7) is 3.71. The number of carbonyl (C=O) groups excluding carboxylic acids is 1. The molecule has 1 heterocycles. The van der Waals surface area contributed by atoms with Gasteiger partial charge >= 0.3 is 0 Å². The van der Waals surface area contributed by atoms with E-state index in [-0.39, 0.29) is 18.3 Å². The van der Waals surface area contributed by atoms with Gasteiger partial charge in [0, 0.05) is 37.1 Å². The lowest BCUT2D eigenvalue weighted by Gasteiger charge is -2.22. The second-order valence-corrected chi connectivity index (χ2v) is 5.78. The molecule has 0 aromatic heterocycles. The minimum Gasteiger partial charge on any atom is -0.352 e. The Balaban J connectivity index is 0.00000180. The highest BCUT2D eigenvalue weighted by Crippen LogP contribution is 2.10. The molecule has 1 aromatic rings. The second kappa shape index (κ2) is 8.46. The summed E-state index contributed by atoms with van der Waals surface area (Å²) in [7, 11) is 0. The molecule has 1 saturated heterocycles. The van der Waals surface area contributed by atoms with Crippen LogP contribution in [0.4, 0.5) is 0 Å². The predicted molar refractivity (Wildman–Crippen MR) is 84.0 cm³/mol. The molecule has 106 valence electrons. The number of nitrogens with one attached hydrogen (secondary N) is 2. The number of hydrogen-bond donors (Lipinski definition) is 2. The van der Waals surface area contributed by atoms with E-state index >= 15 is 0 Å². The van der Waals surface area contributed by atoms with Crippen molar-refractivity contribution in [2.24, 2.45) is 0 Å². The molecule has 5 heteroatoms.